The van der Waals surface area contributed by atoms with E-state index in [2.05, 4.69) is 25.1 Å². The van der Waals surface area contributed by atoms with E-state index in [1.807, 2.05) is 12.1 Å². The fourth-order valence-corrected chi connectivity index (χ4v) is 3.85. The summed E-state index contributed by atoms with van der Waals surface area (Å²) in [6, 6.07) is 11.9. The molecule has 2 aromatic carbocycles. The van der Waals surface area contributed by atoms with E-state index in [1.54, 1.807) is 6.07 Å². The molecule has 0 radical (unpaired) electrons. The lowest BCUT2D eigenvalue weighted by atomic mass is 9.99. The van der Waals surface area contributed by atoms with Gasteiger partial charge < -0.3 is 4.55 Å². The number of aryl methyl sites for hydroxylation is 1. The van der Waals surface area contributed by atoms with Gasteiger partial charge in [0.25, 0.3) is 0 Å². The van der Waals surface area contributed by atoms with Crippen LogP contribution in [0.15, 0.2) is 41.3 Å². The first-order valence-corrected chi connectivity index (χ1v) is 11.0. The van der Waals surface area contributed by atoms with Crippen molar-refractivity contribution in [2.24, 2.45) is 0 Å². The molecule has 0 saturated carbocycles. The lowest BCUT2D eigenvalue weighted by molar-refractivity contribution is 0.556. The molecule has 0 fully saturated rings. The molecule has 0 amide bonds. The summed E-state index contributed by atoms with van der Waals surface area (Å²) in [5.41, 5.74) is 1.30. The number of fused-ring (bicyclic) bond motifs is 1. The first kappa shape index (κ1) is 20.1. The maximum atomic E-state index is 11.3. The summed E-state index contributed by atoms with van der Waals surface area (Å²) in [6.45, 7) is 2.26. The van der Waals surface area contributed by atoms with Crippen molar-refractivity contribution in [3.63, 3.8) is 0 Å². The van der Waals surface area contributed by atoms with Gasteiger partial charge in [-0.3, -0.25) is 0 Å². The third kappa shape index (κ3) is 6.91. The van der Waals surface area contributed by atoms with Gasteiger partial charge in [-0.2, -0.15) is 0 Å². The molecular weight excluding hydrogens is 328 g/mol. The van der Waals surface area contributed by atoms with Crippen LogP contribution in [0.5, 0.6) is 0 Å². The zero-order chi connectivity index (χ0) is 17.9. The van der Waals surface area contributed by atoms with Crippen LogP contribution in [0.1, 0.15) is 76.7 Å². The summed E-state index contributed by atoms with van der Waals surface area (Å²) in [4.78, 5) is 0.489. The second kappa shape index (κ2) is 11.4. The van der Waals surface area contributed by atoms with Crippen molar-refractivity contribution in [1.82, 2.24) is 0 Å². The fraction of sp³-hybridized carbons (Fsp3) is 0.545. The third-order valence-corrected chi connectivity index (χ3v) is 5.60. The Morgan fingerprint density at radius 2 is 1.48 bits per heavy atom. The molecule has 2 aromatic rings. The molecule has 0 saturated heterocycles. The van der Waals surface area contributed by atoms with E-state index in [9.17, 15) is 8.76 Å². The summed E-state index contributed by atoms with van der Waals surface area (Å²) in [5, 5.41) is 2.28. The van der Waals surface area contributed by atoms with Crippen LogP contribution in [-0.2, 0) is 17.5 Å². The van der Waals surface area contributed by atoms with Crippen molar-refractivity contribution in [2.75, 3.05) is 0 Å². The van der Waals surface area contributed by atoms with Gasteiger partial charge >= 0.3 is 0 Å². The minimum atomic E-state index is -1.91. The maximum Gasteiger partial charge on any atom is 0.186 e. The molecule has 138 valence electrons. The van der Waals surface area contributed by atoms with Gasteiger partial charge in [-0.05, 0) is 41.3 Å². The molecule has 3 heteroatoms. The van der Waals surface area contributed by atoms with Gasteiger partial charge in [-0.15, -0.1) is 0 Å². The zero-order valence-electron chi connectivity index (χ0n) is 15.5. The van der Waals surface area contributed by atoms with Gasteiger partial charge in [-0.1, -0.05) is 89.0 Å². The first-order chi connectivity index (χ1) is 12.2. The van der Waals surface area contributed by atoms with Crippen LogP contribution in [-0.4, -0.2) is 8.76 Å². The van der Waals surface area contributed by atoms with Gasteiger partial charge in [0, 0.05) is 0 Å². The standard InChI is InChI=1S/C22H32O2S/c1-2-3-4-5-6-7-8-9-10-11-13-19-14-12-15-20-16-17-21(25(23)24)18-22(19)20/h12,14-18H,2-11,13H2,1H3,(H,23,24). The van der Waals surface area contributed by atoms with E-state index in [1.165, 1.54) is 69.8 Å². The Labute approximate surface area is 155 Å². The average Bonchev–Trinajstić information content (AvgIpc) is 2.63. The molecule has 1 unspecified atom stereocenters. The lowest BCUT2D eigenvalue weighted by Gasteiger charge is -2.08. The molecule has 0 aromatic heterocycles. The highest BCUT2D eigenvalue weighted by Crippen LogP contribution is 2.23. The van der Waals surface area contributed by atoms with Crippen LogP contribution >= 0.6 is 0 Å². The second-order valence-electron chi connectivity index (χ2n) is 6.98. The fourth-order valence-electron chi connectivity index (χ4n) is 3.45. The number of hydrogen-bond donors (Lipinski definition) is 1. The molecule has 0 aliphatic carbocycles. The average molecular weight is 361 g/mol. The Morgan fingerprint density at radius 1 is 0.840 bits per heavy atom. The molecule has 2 nitrogen and oxygen atoms in total. The van der Waals surface area contributed by atoms with E-state index in [0.29, 0.717) is 4.90 Å². The Hall–Kier alpha value is -1.19. The minimum Gasteiger partial charge on any atom is -0.302 e. The van der Waals surface area contributed by atoms with Crippen molar-refractivity contribution >= 4 is 21.9 Å². The van der Waals surface area contributed by atoms with E-state index >= 15 is 0 Å². The van der Waals surface area contributed by atoms with Crippen LogP contribution in [0, 0.1) is 0 Å². The van der Waals surface area contributed by atoms with E-state index < -0.39 is 11.1 Å². The van der Waals surface area contributed by atoms with Crippen molar-refractivity contribution in [2.45, 2.75) is 82.4 Å². The van der Waals surface area contributed by atoms with Gasteiger partial charge in [0.2, 0.25) is 0 Å². The van der Waals surface area contributed by atoms with E-state index in [4.69, 9.17) is 0 Å². The molecule has 0 aliphatic heterocycles. The summed E-state index contributed by atoms with van der Waals surface area (Å²) in [6.07, 6.45) is 14.5. The quantitative estimate of drug-likeness (QED) is 0.331. The lowest BCUT2D eigenvalue weighted by Crippen LogP contribution is -1.92. The van der Waals surface area contributed by atoms with Crippen molar-refractivity contribution in [3.8, 4) is 0 Å². The highest BCUT2D eigenvalue weighted by Gasteiger charge is 2.05. The maximum absolute atomic E-state index is 11.3. The monoisotopic (exact) mass is 360 g/mol. The molecule has 1 atom stereocenters. The second-order valence-corrected chi connectivity index (χ2v) is 7.95. The van der Waals surface area contributed by atoms with Crippen LogP contribution in [0.25, 0.3) is 10.8 Å². The molecule has 25 heavy (non-hydrogen) atoms. The topological polar surface area (TPSA) is 37.3 Å². The van der Waals surface area contributed by atoms with E-state index in [0.717, 1.165) is 17.2 Å². The Balaban J connectivity index is 1.74. The van der Waals surface area contributed by atoms with Crippen molar-refractivity contribution < 1.29 is 8.76 Å². The molecular formula is C22H32O2S. The highest BCUT2D eigenvalue weighted by molar-refractivity contribution is 7.79. The highest BCUT2D eigenvalue weighted by atomic mass is 32.2. The summed E-state index contributed by atoms with van der Waals surface area (Å²) >= 11 is -1.91. The largest absolute Gasteiger partial charge is 0.302 e. The smallest absolute Gasteiger partial charge is 0.186 e. The number of hydrogen-bond acceptors (Lipinski definition) is 1. The van der Waals surface area contributed by atoms with Gasteiger partial charge in [0.15, 0.2) is 11.1 Å². The molecule has 1 N–H and O–H groups in total. The molecule has 0 spiro atoms. The van der Waals surface area contributed by atoms with Gasteiger partial charge in [-0.25, -0.2) is 4.21 Å². The van der Waals surface area contributed by atoms with Crippen LogP contribution < -0.4 is 0 Å². The van der Waals surface area contributed by atoms with Crippen LogP contribution in [0.4, 0.5) is 0 Å². The normalized spacial score (nSPS) is 12.6. The van der Waals surface area contributed by atoms with Crippen LogP contribution in [0.3, 0.4) is 0 Å². The summed E-state index contributed by atoms with van der Waals surface area (Å²) in [7, 11) is 0. The Bertz CT molecular complexity index is 666. The Morgan fingerprint density at radius 3 is 2.12 bits per heavy atom. The third-order valence-electron chi connectivity index (χ3n) is 4.95. The predicted molar refractivity (Wildman–Crippen MR) is 109 cm³/mol. The number of benzene rings is 2. The molecule has 0 aliphatic rings. The minimum absolute atomic E-state index is 0.489. The predicted octanol–water partition coefficient (Wildman–Crippen LogP) is 6.88. The Kier molecular flexibility index (Phi) is 9.20. The molecule has 0 bridgehead atoms. The SMILES string of the molecule is CCCCCCCCCCCCc1cccc2ccc(S(=O)O)cc12. The summed E-state index contributed by atoms with van der Waals surface area (Å²) in [5.74, 6) is 0. The first-order valence-electron chi connectivity index (χ1n) is 9.85. The van der Waals surface area contributed by atoms with Crippen LogP contribution in [0.2, 0.25) is 0 Å². The van der Waals surface area contributed by atoms with Gasteiger partial charge in [0.05, 0.1) is 4.90 Å². The number of rotatable bonds is 12. The number of unbranched alkanes of at least 4 members (excludes halogenated alkanes) is 9. The van der Waals surface area contributed by atoms with Crippen molar-refractivity contribution in [3.05, 3.63) is 42.0 Å². The van der Waals surface area contributed by atoms with Crippen molar-refractivity contribution in [1.29, 1.82) is 0 Å². The summed E-state index contributed by atoms with van der Waals surface area (Å²) < 4.78 is 20.6. The van der Waals surface area contributed by atoms with E-state index in [-0.39, 0.29) is 0 Å². The molecule has 2 rings (SSSR count). The van der Waals surface area contributed by atoms with Gasteiger partial charge in [0.1, 0.15) is 0 Å². The molecule has 0 heterocycles. The zero-order valence-corrected chi connectivity index (χ0v) is 16.3.